The van der Waals surface area contributed by atoms with Gasteiger partial charge < -0.3 is 104 Å². The van der Waals surface area contributed by atoms with Gasteiger partial charge in [0, 0.05) is 114 Å². The van der Waals surface area contributed by atoms with E-state index in [-0.39, 0.29) is 176 Å². The molecule has 38 nitrogen and oxygen atoms in total. The quantitative estimate of drug-likeness (QED) is 0.0270. The second-order valence-electron chi connectivity index (χ2n) is 36.6. The highest BCUT2D eigenvalue weighted by Crippen LogP contribution is 2.68. The molecular weight excluding hydrogens is 1660 g/mol. The van der Waals surface area contributed by atoms with Crippen LogP contribution >= 0.6 is 11.8 Å². The van der Waals surface area contributed by atoms with Gasteiger partial charge in [0.1, 0.15) is 36.8 Å². The van der Waals surface area contributed by atoms with E-state index in [1.54, 1.807) is 64.5 Å². The molecule has 4 saturated carbocycles. The molecule has 710 valence electrons. The zero-order valence-electron chi connectivity index (χ0n) is 75.6. The van der Waals surface area contributed by atoms with E-state index in [1.165, 1.54) is 13.3 Å². The summed E-state index contributed by atoms with van der Waals surface area (Å²) >= 11 is 1.65. The molecule has 0 bridgehead atoms. The molecule has 8 rings (SSSR count). The predicted molar refractivity (Wildman–Crippen MR) is 475 cm³/mol. The van der Waals surface area contributed by atoms with Crippen LogP contribution < -0.4 is 58.9 Å². The first-order chi connectivity index (χ1) is 60.4. The summed E-state index contributed by atoms with van der Waals surface area (Å²) in [7, 11) is 0. The summed E-state index contributed by atoms with van der Waals surface area (Å²) < 4.78 is 11.7. The van der Waals surface area contributed by atoms with Crippen molar-refractivity contribution in [1.29, 1.82) is 0 Å². The fourth-order valence-electron chi connectivity index (χ4n) is 19.9. The number of nitrogens with zero attached hydrogens (tertiary/aromatic N) is 5. The first-order valence-electron chi connectivity index (χ1n) is 45.2. The van der Waals surface area contributed by atoms with Crippen LogP contribution in [0.2, 0.25) is 0 Å². The lowest BCUT2D eigenvalue weighted by Gasteiger charge is -2.63. The summed E-state index contributed by atoms with van der Waals surface area (Å²) in [6.07, 6.45) is 11.2. The number of carbonyl (C=O) groups is 13. The third-order valence-electron chi connectivity index (χ3n) is 26.7. The molecule has 19 N–H and O–H groups in total. The number of imidazole rings is 1. The molecule has 5 fully saturated rings. The number of ether oxygens (including phenoxy) is 2. The summed E-state index contributed by atoms with van der Waals surface area (Å²) in [6, 6.07) is 0.306. The number of carbonyl (C=O) groups excluding carboxylic acids is 10. The molecule has 18 atom stereocenters. The average molecular weight is 1800 g/mol. The normalized spacial score (nSPS) is 24.5. The Morgan fingerprint density at radius 3 is 1.87 bits per heavy atom. The van der Waals surface area contributed by atoms with Crippen molar-refractivity contribution in [3.05, 3.63) is 54.2 Å². The monoisotopic (exact) mass is 1800 g/mol. The highest BCUT2D eigenvalue weighted by Gasteiger charge is 2.66. The minimum Gasteiger partial charge on any atom is -0.480 e. The number of aliphatic carboxylic acids is 3. The van der Waals surface area contributed by atoms with Crippen LogP contribution in [0.15, 0.2) is 43.0 Å². The molecule has 39 heteroatoms. The van der Waals surface area contributed by atoms with E-state index in [4.69, 9.17) is 15.2 Å². The highest BCUT2D eigenvalue weighted by molar-refractivity contribution is 7.98. The lowest BCUT2D eigenvalue weighted by molar-refractivity contribution is -0.202. The maximum Gasteiger partial charge on any atom is 0.317 e. The number of amides is 10. The van der Waals surface area contributed by atoms with Crippen molar-refractivity contribution < 1.29 is 97.3 Å². The molecule has 10 amide bonds. The van der Waals surface area contributed by atoms with Gasteiger partial charge in [-0.1, -0.05) is 66.7 Å². The molecule has 0 radical (unpaired) electrons. The Balaban J connectivity index is 0.832. The van der Waals surface area contributed by atoms with Crippen molar-refractivity contribution in [1.82, 2.24) is 87.7 Å². The number of benzene rings is 1. The summed E-state index contributed by atoms with van der Waals surface area (Å²) in [5.41, 5.74) is 6.84. The number of carboxylic acid groups (broad SMARTS) is 3. The molecule has 0 spiro atoms. The highest BCUT2D eigenvalue weighted by atomic mass is 32.2. The van der Waals surface area contributed by atoms with Gasteiger partial charge in [0.15, 0.2) is 6.23 Å². The van der Waals surface area contributed by atoms with Gasteiger partial charge in [-0.3, -0.25) is 81.9 Å². The zero-order chi connectivity index (χ0) is 92.8. The SMILES string of the molecule is CCOCC(NC(=O)CN1CCN(CC(=O)O)CCN(CC(=O)O)CCN(CC(=O)O)CC1)OCC(=O)N[C@H]1CC[C@]2(C)C3C[C@H](O)[C@@]4(C)C(CC[C@@H]4[C@H](C)CCCN[C@@H](CCC(N)=O)C(=O)N[C@@H](Cc4c[nH]c5ccccc45)C(=O)N[C@@H](C)C(=O)N[C@H](C(=O)NCC(=O)N[C@@H](Cc4c[nH]cn4)C(=O)N[C@@H](CC(C)C)C(=O)NCCCSC)C(C)C)C3[C@H](O)C[C@@H]2C1. The van der Waals surface area contributed by atoms with Crippen molar-refractivity contribution in [2.24, 2.45) is 63.9 Å². The Morgan fingerprint density at radius 2 is 1.26 bits per heavy atom. The van der Waals surface area contributed by atoms with Crippen LogP contribution in [-0.2, 0) is 84.6 Å². The summed E-state index contributed by atoms with van der Waals surface area (Å²) in [6.45, 7) is 17.6. The number of nitrogens with one attached hydrogen (secondary N) is 12. The van der Waals surface area contributed by atoms with E-state index in [2.05, 4.69) is 88.9 Å². The van der Waals surface area contributed by atoms with Crippen LogP contribution in [0.4, 0.5) is 0 Å². The van der Waals surface area contributed by atoms with Gasteiger partial charge in [-0.05, 0) is 179 Å². The van der Waals surface area contributed by atoms with Gasteiger partial charge in [0.05, 0.1) is 69.6 Å². The average Bonchev–Trinajstić information content (AvgIpc) is 1.66. The van der Waals surface area contributed by atoms with E-state index in [0.29, 0.717) is 69.3 Å². The van der Waals surface area contributed by atoms with Crippen LogP contribution in [0.5, 0.6) is 0 Å². The largest absolute Gasteiger partial charge is 0.480 e. The molecule has 5 aliphatic rings. The Hall–Kier alpha value is -8.93. The lowest BCUT2D eigenvalue weighted by atomic mass is 9.43. The van der Waals surface area contributed by atoms with Crippen molar-refractivity contribution in [3.63, 3.8) is 0 Å². The van der Waals surface area contributed by atoms with Crippen molar-refractivity contribution in [2.75, 3.05) is 130 Å². The molecule has 3 aromatic rings. The fourth-order valence-corrected chi connectivity index (χ4v) is 20.3. The van der Waals surface area contributed by atoms with Gasteiger partial charge in [0.2, 0.25) is 59.1 Å². The second kappa shape index (κ2) is 50.3. The van der Waals surface area contributed by atoms with Gasteiger partial charge >= 0.3 is 17.9 Å². The molecule has 1 saturated heterocycles. The number of nitrogens with two attached hydrogens (primary N) is 1. The number of para-hydroxylation sites is 1. The van der Waals surface area contributed by atoms with Crippen LogP contribution in [0.25, 0.3) is 10.9 Å². The van der Waals surface area contributed by atoms with Crippen LogP contribution in [0, 0.1) is 58.2 Å². The number of hydrogen-bond acceptors (Lipinski definition) is 24. The molecule has 4 aliphatic carbocycles. The number of aromatic amines is 2. The number of primary amides is 1. The third kappa shape index (κ3) is 31.2. The molecule has 1 aliphatic heterocycles. The molecule has 127 heavy (non-hydrogen) atoms. The number of fused-ring (bicyclic) bond motifs is 6. The topological polar surface area (TPSA) is 545 Å². The molecule has 1 aromatic carbocycles. The number of H-pyrrole nitrogens is 2. The van der Waals surface area contributed by atoms with Crippen molar-refractivity contribution >= 4 is 99.6 Å². The standard InChI is InChI=1S/C88H142N18O20S/c1-11-125-50-75(101-73(111)45-103-27-29-104(46-76(113)114)31-33-106(48-78(117)118)34-32-105(30-28-103)47-77(115)116)126-49-74(112)97-58-23-24-87(8)57(38-58)39-69(107)79-62-20-19-61(88(62,9)70(108)41-63(79)87)54(6)16-14-25-91-65(21-22-71(89)109)83(121)100-67(37-56-42-93-64-18-13-12-17-60(56)64)84(122)96-55(7)81(119)102-80(53(4)5)86(124)94-44-72(110)98-68(40-59-43-90-51-95-59)85(123)99-66(36-52(2)3)82(120)92-26-15-35-127-10/h12-13,17-18,42-43,51-55,57-58,61-63,65-70,75,79-80,91,93,107-108H,11,14-16,19-41,44-50H2,1-10H3,(H2,89,109)(H,90,95)(H,92,120)(H,94,124)(H,96,122)(H,97,112)(H,98,110)(H,99,123)(H,100,121)(H,101,111)(H,102,119)(H,113,114)(H,115,116)(H,117,118)/t54-,55+,57+,58+,61-,62?,63?,65+,66+,67+,68+,69-,70+,75?,79?,80+,87+,88-/m1/s1. The summed E-state index contributed by atoms with van der Waals surface area (Å²) in [4.78, 5) is 191. The smallest absolute Gasteiger partial charge is 0.317 e. The minimum atomic E-state index is -1.28. The summed E-state index contributed by atoms with van der Waals surface area (Å²) in [5, 5.41) is 83.4. The molecule has 4 unspecified atom stereocenters. The Morgan fingerprint density at radius 1 is 0.638 bits per heavy atom. The number of thioether (sulfide) groups is 1. The maximum absolute atomic E-state index is 14.7. The lowest BCUT2D eigenvalue weighted by Crippen LogP contribution is -2.63. The Kier molecular flexibility index (Phi) is 41.0. The Bertz CT molecular complexity index is 4090. The third-order valence-corrected chi connectivity index (χ3v) is 27.4. The predicted octanol–water partition coefficient (Wildman–Crippen LogP) is 0.504. The number of aromatic nitrogens is 3. The van der Waals surface area contributed by atoms with Gasteiger partial charge in [-0.25, -0.2) is 4.98 Å². The minimum absolute atomic E-state index is 0.00756. The van der Waals surface area contributed by atoms with E-state index in [1.807, 2.05) is 44.4 Å². The molecular formula is C88H142N18O20S. The van der Waals surface area contributed by atoms with Crippen LogP contribution in [0.1, 0.15) is 157 Å². The van der Waals surface area contributed by atoms with Crippen molar-refractivity contribution in [2.45, 2.75) is 219 Å². The van der Waals surface area contributed by atoms with E-state index >= 15 is 0 Å². The van der Waals surface area contributed by atoms with E-state index in [9.17, 15) is 87.9 Å². The zero-order valence-corrected chi connectivity index (χ0v) is 76.4. The van der Waals surface area contributed by atoms with E-state index in [0.717, 1.165) is 42.3 Å². The van der Waals surface area contributed by atoms with Gasteiger partial charge in [-0.15, -0.1) is 0 Å². The second-order valence-corrected chi connectivity index (χ2v) is 37.6. The number of carboxylic acids is 3. The van der Waals surface area contributed by atoms with E-state index < -0.39 is 150 Å². The van der Waals surface area contributed by atoms with Crippen molar-refractivity contribution in [3.8, 4) is 0 Å². The van der Waals surface area contributed by atoms with Crippen LogP contribution in [-0.4, -0.2) is 328 Å². The number of aliphatic hydroxyl groups is 2. The first kappa shape index (κ1) is 103. The Labute approximate surface area is 748 Å². The first-order valence-corrected chi connectivity index (χ1v) is 46.6. The van der Waals surface area contributed by atoms with Crippen LogP contribution in [0.3, 0.4) is 0 Å². The fraction of sp³-hybridized carbons (Fsp3) is 0.727. The maximum atomic E-state index is 14.7. The van der Waals surface area contributed by atoms with Gasteiger partial charge in [-0.2, -0.15) is 11.8 Å². The number of rotatable bonds is 49. The van der Waals surface area contributed by atoms with Gasteiger partial charge in [0.25, 0.3) is 0 Å². The number of hydrogen-bond donors (Lipinski definition) is 18. The number of aliphatic hydroxyl groups excluding tert-OH is 2. The molecule has 2 aromatic heterocycles. The summed E-state index contributed by atoms with van der Waals surface area (Å²) in [5.74, 6) is -8.74. The molecule has 3 heterocycles.